The molecule has 0 unspecified atom stereocenters. The highest BCUT2D eigenvalue weighted by molar-refractivity contribution is 5.51. The van der Waals surface area contributed by atoms with E-state index in [1.54, 1.807) is 0 Å². The van der Waals surface area contributed by atoms with E-state index in [1.165, 1.54) is 4.40 Å². The number of hydrogen-bond donors (Lipinski definition) is 2. The summed E-state index contributed by atoms with van der Waals surface area (Å²) in [5, 5.41) is 6.47. The van der Waals surface area contributed by atoms with Gasteiger partial charge in [-0.1, -0.05) is 0 Å². The molecule has 0 amide bonds. The van der Waals surface area contributed by atoms with E-state index in [1.807, 2.05) is 20.0 Å². The van der Waals surface area contributed by atoms with E-state index in [9.17, 15) is 4.79 Å². The average Bonchev–Trinajstić information content (AvgIpc) is 2.81. The highest BCUT2D eigenvalue weighted by atomic mass is 16.1. The van der Waals surface area contributed by atoms with Crippen molar-refractivity contribution in [2.24, 2.45) is 5.73 Å². The number of nitrogens with one attached hydrogen (secondary N) is 1. The van der Waals surface area contributed by atoms with Crippen LogP contribution in [0, 0.1) is 6.92 Å². The molecule has 7 nitrogen and oxygen atoms in total. The molecule has 0 spiro atoms. The minimum atomic E-state index is -0.247. The van der Waals surface area contributed by atoms with Crippen molar-refractivity contribution in [3.8, 4) is 0 Å². The fourth-order valence-electron chi connectivity index (χ4n) is 2.94. The molecular formula is C13H20N6O. The summed E-state index contributed by atoms with van der Waals surface area (Å²) < 4.78 is 1.48. The Morgan fingerprint density at radius 1 is 1.40 bits per heavy atom. The van der Waals surface area contributed by atoms with Crippen molar-refractivity contribution in [3.63, 3.8) is 0 Å². The lowest BCUT2D eigenvalue weighted by Gasteiger charge is -2.34. The standard InChI is InChI=1S/C13H20N6O/c1-8-15-11(7-12-16-17-13(20)19(8)12)18(2)10-5-3-9(14)4-6-10/h7,9-10H,3-6,14H2,1-2H3,(H,17,20). The van der Waals surface area contributed by atoms with E-state index in [4.69, 9.17) is 5.73 Å². The monoisotopic (exact) mass is 276 g/mol. The van der Waals surface area contributed by atoms with Crippen molar-refractivity contribution in [2.45, 2.75) is 44.7 Å². The number of H-pyrrole nitrogens is 1. The van der Waals surface area contributed by atoms with Gasteiger partial charge in [-0.05, 0) is 32.6 Å². The molecule has 1 fully saturated rings. The molecule has 2 aromatic heterocycles. The van der Waals surface area contributed by atoms with Crippen LogP contribution >= 0.6 is 0 Å². The zero-order valence-electron chi connectivity index (χ0n) is 11.8. The first-order valence-electron chi connectivity index (χ1n) is 6.99. The minimum absolute atomic E-state index is 0.247. The SMILES string of the molecule is Cc1nc(N(C)C2CCC(N)CC2)cc2n[nH]c(=O)n12. The molecule has 7 heteroatoms. The molecule has 0 bridgehead atoms. The Morgan fingerprint density at radius 2 is 2.10 bits per heavy atom. The molecule has 2 aromatic rings. The third-order valence-corrected chi connectivity index (χ3v) is 4.21. The minimum Gasteiger partial charge on any atom is -0.357 e. The molecule has 20 heavy (non-hydrogen) atoms. The largest absolute Gasteiger partial charge is 0.357 e. The van der Waals surface area contributed by atoms with Crippen LogP contribution < -0.4 is 16.3 Å². The van der Waals surface area contributed by atoms with Crippen LogP contribution in [0.5, 0.6) is 0 Å². The number of aromatic nitrogens is 4. The maximum Gasteiger partial charge on any atom is 0.349 e. The van der Waals surface area contributed by atoms with Crippen molar-refractivity contribution in [1.29, 1.82) is 0 Å². The van der Waals surface area contributed by atoms with Crippen molar-refractivity contribution in [3.05, 3.63) is 22.4 Å². The highest BCUT2D eigenvalue weighted by Gasteiger charge is 2.23. The number of nitrogens with zero attached hydrogens (tertiary/aromatic N) is 4. The van der Waals surface area contributed by atoms with Crippen LogP contribution in [-0.4, -0.2) is 38.7 Å². The number of aromatic amines is 1. The van der Waals surface area contributed by atoms with Gasteiger partial charge in [0.1, 0.15) is 11.6 Å². The smallest absolute Gasteiger partial charge is 0.349 e. The van der Waals surface area contributed by atoms with Gasteiger partial charge in [0.05, 0.1) is 0 Å². The summed E-state index contributed by atoms with van der Waals surface area (Å²) in [6, 6.07) is 2.64. The van der Waals surface area contributed by atoms with Crippen LogP contribution in [0.25, 0.3) is 5.65 Å². The van der Waals surface area contributed by atoms with Crippen molar-refractivity contribution >= 4 is 11.5 Å². The molecular weight excluding hydrogens is 256 g/mol. The Morgan fingerprint density at radius 3 is 2.80 bits per heavy atom. The molecule has 3 N–H and O–H groups in total. The molecule has 1 aliphatic rings. The van der Waals surface area contributed by atoms with Gasteiger partial charge in [-0.25, -0.2) is 19.3 Å². The van der Waals surface area contributed by atoms with E-state index >= 15 is 0 Å². The number of rotatable bonds is 2. The summed E-state index contributed by atoms with van der Waals surface area (Å²) in [5.41, 5.74) is 6.31. The van der Waals surface area contributed by atoms with Crippen LogP contribution in [0.4, 0.5) is 5.82 Å². The summed E-state index contributed by atoms with van der Waals surface area (Å²) >= 11 is 0. The van der Waals surface area contributed by atoms with E-state index in [-0.39, 0.29) is 5.69 Å². The Hall–Kier alpha value is -1.89. The highest BCUT2D eigenvalue weighted by Crippen LogP contribution is 2.25. The van der Waals surface area contributed by atoms with Crippen molar-refractivity contribution < 1.29 is 0 Å². The molecule has 0 aromatic carbocycles. The molecule has 0 saturated heterocycles. The van der Waals surface area contributed by atoms with Crippen LogP contribution in [0.15, 0.2) is 10.9 Å². The maximum atomic E-state index is 11.6. The topological polar surface area (TPSA) is 92.3 Å². The van der Waals surface area contributed by atoms with Gasteiger partial charge in [0.15, 0.2) is 5.65 Å². The first-order valence-corrected chi connectivity index (χ1v) is 6.99. The third kappa shape index (κ3) is 2.18. The molecule has 108 valence electrons. The zero-order valence-corrected chi connectivity index (χ0v) is 11.8. The number of hydrogen-bond acceptors (Lipinski definition) is 5. The fraction of sp³-hybridized carbons (Fsp3) is 0.615. The molecule has 0 aliphatic heterocycles. The van der Waals surface area contributed by atoms with E-state index in [0.717, 1.165) is 31.5 Å². The zero-order chi connectivity index (χ0) is 14.3. The second-order valence-electron chi connectivity index (χ2n) is 5.56. The molecule has 0 radical (unpaired) electrons. The summed E-state index contributed by atoms with van der Waals surface area (Å²) in [6.45, 7) is 1.82. The Bertz CT molecular complexity index is 667. The predicted molar refractivity (Wildman–Crippen MR) is 77.0 cm³/mol. The molecule has 1 aliphatic carbocycles. The average molecular weight is 276 g/mol. The number of aryl methyl sites for hydroxylation is 1. The predicted octanol–water partition coefficient (Wildman–Crippen LogP) is 0.432. The summed E-state index contributed by atoms with van der Waals surface area (Å²) in [7, 11) is 2.05. The lowest BCUT2D eigenvalue weighted by molar-refractivity contribution is 0.383. The fourth-order valence-corrected chi connectivity index (χ4v) is 2.94. The summed E-state index contributed by atoms with van der Waals surface area (Å²) in [5.74, 6) is 1.50. The van der Waals surface area contributed by atoms with Gasteiger partial charge in [-0.15, -0.1) is 0 Å². The van der Waals surface area contributed by atoms with Gasteiger partial charge in [-0.3, -0.25) is 0 Å². The summed E-state index contributed by atoms with van der Waals surface area (Å²) in [4.78, 5) is 18.3. The Labute approximate surface area is 116 Å². The van der Waals surface area contributed by atoms with Crippen LogP contribution in [0.1, 0.15) is 31.5 Å². The van der Waals surface area contributed by atoms with Gasteiger partial charge in [0.25, 0.3) is 0 Å². The normalized spacial score (nSPS) is 23.1. The van der Waals surface area contributed by atoms with Crippen LogP contribution in [0.2, 0.25) is 0 Å². The molecule has 1 saturated carbocycles. The maximum absolute atomic E-state index is 11.6. The number of fused-ring (bicyclic) bond motifs is 1. The lowest BCUT2D eigenvalue weighted by atomic mass is 9.91. The molecule has 3 rings (SSSR count). The molecule has 2 heterocycles. The van der Waals surface area contributed by atoms with E-state index < -0.39 is 0 Å². The van der Waals surface area contributed by atoms with Gasteiger partial charge >= 0.3 is 5.69 Å². The van der Waals surface area contributed by atoms with Gasteiger partial charge in [0, 0.05) is 25.2 Å². The second kappa shape index (κ2) is 4.90. The van der Waals surface area contributed by atoms with Gasteiger partial charge < -0.3 is 10.6 Å². The van der Waals surface area contributed by atoms with Crippen LogP contribution in [0.3, 0.4) is 0 Å². The second-order valence-corrected chi connectivity index (χ2v) is 5.56. The Balaban J connectivity index is 1.91. The number of nitrogens with two attached hydrogens (primary N) is 1. The first kappa shape index (κ1) is 13.1. The van der Waals surface area contributed by atoms with Gasteiger partial charge in [-0.2, -0.15) is 5.10 Å². The van der Waals surface area contributed by atoms with Crippen molar-refractivity contribution in [2.75, 3.05) is 11.9 Å². The lowest BCUT2D eigenvalue weighted by Crippen LogP contribution is -2.39. The van der Waals surface area contributed by atoms with E-state index in [2.05, 4.69) is 20.1 Å². The van der Waals surface area contributed by atoms with Crippen LogP contribution in [-0.2, 0) is 0 Å². The molecule has 0 atom stereocenters. The first-order chi connectivity index (χ1) is 9.56. The quantitative estimate of drug-likeness (QED) is 0.830. The van der Waals surface area contributed by atoms with E-state index in [0.29, 0.717) is 23.6 Å². The van der Waals surface area contributed by atoms with Crippen molar-refractivity contribution in [1.82, 2.24) is 19.6 Å². The number of anilines is 1. The van der Waals surface area contributed by atoms with Gasteiger partial charge in [0.2, 0.25) is 0 Å². The summed E-state index contributed by atoms with van der Waals surface area (Å²) in [6.07, 6.45) is 4.27. The Kier molecular flexibility index (Phi) is 3.21. The third-order valence-electron chi connectivity index (χ3n) is 4.21.